The summed E-state index contributed by atoms with van der Waals surface area (Å²) in [7, 11) is 0. The number of rotatable bonds is 2. The van der Waals surface area contributed by atoms with E-state index in [0.29, 0.717) is 5.92 Å². The molecule has 0 aromatic rings. The Hall–Kier alpha value is -1.53. The predicted molar refractivity (Wildman–Crippen MR) is 135 cm³/mol. The molecule has 36 heavy (non-hydrogen) atoms. The lowest BCUT2D eigenvalue weighted by Crippen LogP contribution is -2.74. The highest BCUT2D eigenvalue weighted by Crippen LogP contribution is 2.73. The maximum Gasteiger partial charge on any atom is 0.303 e. The van der Waals surface area contributed by atoms with Crippen LogP contribution in [-0.2, 0) is 19.1 Å². The van der Waals surface area contributed by atoms with Gasteiger partial charge in [0.25, 0.3) is 0 Å². The van der Waals surface area contributed by atoms with Gasteiger partial charge in [0, 0.05) is 30.3 Å². The number of carbonyl (C=O) groups is 3. The van der Waals surface area contributed by atoms with Gasteiger partial charge in [-0.2, -0.15) is 0 Å². The number of piperidine rings is 1. The second-order valence-electron chi connectivity index (χ2n) is 14.4. The van der Waals surface area contributed by atoms with Crippen LogP contribution in [0.15, 0.2) is 11.6 Å². The molecule has 198 valence electrons. The first-order chi connectivity index (χ1) is 16.8. The number of hydrogen-bond acceptors (Lipinski definition) is 5. The van der Waals surface area contributed by atoms with E-state index < -0.39 is 16.8 Å². The van der Waals surface area contributed by atoms with Crippen LogP contribution in [0.4, 0.5) is 0 Å². The van der Waals surface area contributed by atoms with Crippen molar-refractivity contribution in [3.05, 3.63) is 11.6 Å². The molecule has 11 atom stereocenters. The van der Waals surface area contributed by atoms with Crippen LogP contribution >= 0.6 is 0 Å². The largest absolute Gasteiger partial charge is 0.481 e. The Morgan fingerprint density at radius 2 is 1.89 bits per heavy atom. The van der Waals surface area contributed by atoms with E-state index in [4.69, 9.17) is 4.74 Å². The molecular weight excluding hydrogens is 454 g/mol. The molecule has 0 unspecified atom stereocenters. The Morgan fingerprint density at radius 3 is 2.58 bits per heavy atom. The SMILES string of the molecule is CC1=CC(=O)[C@@H]2[C@@H](C1)[C@]1(C)C[C@H]3N4C[C@H]5C[C@H](C)C[C@]4(CC[C@@]3(C)[C@@](C)(CC(=O)O)[C@H]1C(=O)[C@@H]2C)O5. The van der Waals surface area contributed by atoms with E-state index >= 15 is 0 Å². The number of carbonyl (C=O) groups excluding carboxylic acids is 2. The first-order valence-corrected chi connectivity index (χ1v) is 14.2. The van der Waals surface area contributed by atoms with Gasteiger partial charge in [-0.25, -0.2) is 0 Å². The lowest BCUT2D eigenvalue weighted by atomic mass is 9.34. The zero-order valence-corrected chi connectivity index (χ0v) is 22.8. The maximum atomic E-state index is 14.3. The molecule has 6 nitrogen and oxygen atoms in total. The van der Waals surface area contributed by atoms with Crippen LogP contribution in [0, 0.1) is 45.8 Å². The standard InChI is InChI=1S/C30H43NO5/c1-16-10-20-24(21(32)11-16)18(3)25(35)26-27(20,4)13-22-28(5,29(26,6)14-23(33)34)7-8-30-12-17(2)9-19(36-30)15-31(22)30/h11,17-20,22,24,26H,7-10,12-15H2,1-6H3,(H,33,34)/t17-,18+,19+,20+,22+,24-,26-,27-,28+,29-,30-/m0/s1. The van der Waals surface area contributed by atoms with E-state index in [1.165, 1.54) is 0 Å². The van der Waals surface area contributed by atoms with E-state index in [9.17, 15) is 19.5 Å². The van der Waals surface area contributed by atoms with Crippen LogP contribution in [0.25, 0.3) is 0 Å². The zero-order valence-electron chi connectivity index (χ0n) is 22.8. The van der Waals surface area contributed by atoms with E-state index in [1.807, 2.05) is 13.8 Å². The summed E-state index contributed by atoms with van der Waals surface area (Å²) in [5.74, 6) is -0.985. The van der Waals surface area contributed by atoms with E-state index in [1.54, 1.807) is 6.08 Å². The van der Waals surface area contributed by atoms with Crippen molar-refractivity contribution in [3.8, 4) is 0 Å². The maximum absolute atomic E-state index is 14.3. The van der Waals surface area contributed by atoms with E-state index in [0.717, 1.165) is 50.6 Å². The second-order valence-corrected chi connectivity index (χ2v) is 14.4. The van der Waals surface area contributed by atoms with Crippen LogP contribution in [0.2, 0.25) is 0 Å². The Morgan fingerprint density at radius 1 is 1.17 bits per heavy atom. The minimum Gasteiger partial charge on any atom is -0.481 e. The molecule has 2 saturated carbocycles. The van der Waals surface area contributed by atoms with Crippen LogP contribution in [0.5, 0.6) is 0 Å². The number of hydrogen-bond donors (Lipinski definition) is 1. The molecule has 0 aromatic heterocycles. The summed E-state index contributed by atoms with van der Waals surface area (Å²) in [6.07, 6.45) is 7.49. The van der Waals surface area contributed by atoms with Crippen molar-refractivity contribution >= 4 is 17.5 Å². The molecule has 3 aliphatic carbocycles. The summed E-state index contributed by atoms with van der Waals surface area (Å²) in [4.78, 5) is 42.7. The average molecular weight is 498 g/mol. The minimum atomic E-state index is -0.828. The number of Topliss-reactive ketones (excluding diaryl/α,β-unsaturated/α-hetero) is 1. The van der Waals surface area contributed by atoms with Crippen molar-refractivity contribution < 1.29 is 24.2 Å². The zero-order chi connectivity index (χ0) is 26.0. The van der Waals surface area contributed by atoms with Crippen molar-refractivity contribution in [1.82, 2.24) is 4.90 Å². The van der Waals surface area contributed by atoms with Gasteiger partial charge in [-0.1, -0.05) is 40.2 Å². The quantitative estimate of drug-likeness (QED) is 0.587. The van der Waals surface area contributed by atoms with Crippen molar-refractivity contribution in [2.45, 2.75) is 104 Å². The highest BCUT2D eigenvalue weighted by molar-refractivity contribution is 5.99. The molecular formula is C30H43NO5. The van der Waals surface area contributed by atoms with E-state index in [-0.39, 0.29) is 64.9 Å². The monoisotopic (exact) mass is 497 g/mol. The lowest BCUT2D eigenvalue weighted by molar-refractivity contribution is -0.263. The summed E-state index contributed by atoms with van der Waals surface area (Å²) >= 11 is 0. The predicted octanol–water partition coefficient (Wildman–Crippen LogP) is 4.86. The molecule has 0 aromatic carbocycles. The van der Waals surface area contributed by atoms with E-state index in [2.05, 4.69) is 32.6 Å². The number of ether oxygens (including phenoxy) is 1. The first kappa shape index (κ1) is 24.8. The highest BCUT2D eigenvalue weighted by atomic mass is 16.5. The molecule has 6 rings (SSSR count). The molecule has 6 aliphatic rings. The molecule has 0 radical (unpaired) electrons. The summed E-state index contributed by atoms with van der Waals surface area (Å²) in [5, 5.41) is 10.2. The number of carboxylic acids is 1. The van der Waals surface area contributed by atoms with Gasteiger partial charge >= 0.3 is 5.97 Å². The smallest absolute Gasteiger partial charge is 0.303 e. The number of ketones is 2. The third-order valence-electron chi connectivity index (χ3n) is 12.4. The third kappa shape index (κ3) is 2.95. The molecule has 1 spiro atoms. The third-order valence-corrected chi connectivity index (χ3v) is 12.4. The number of nitrogens with zero attached hydrogens (tertiary/aromatic N) is 1. The van der Waals surface area contributed by atoms with Gasteiger partial charge in [0.05, 0.1) is 12.5 Å². The second kappa shape index (κ2) is 7.53. The van der Waals surface area contributed by atoms with Crippen LogP contribution in [-0.4, -0.2) is 52.0 Å². The van der Waals surface area contributed by atoms with Gasteiger partial charge in [0.2, 0.25) is 0 Å². The lowest BCUT2D eigenvalue weighted by Gasteiger charge is -2.72. The fraction of sp³-hybridized carbons (Fsp3) is 0.833. The molecule has 2 bridgehead atoms. The van der Waals surface area contributed by atoms with Gasteiger partial charge in [-0.15, -0.1) is 0 Å². The number of aliphatic carboxylic acids is 1. The first-order valence-electron chi connectivity index (χ1n) is 14.2. The molecule has 3 aliphatic heterocycles. The summed E-state index contributed by atoms with van der Waals surface area (Å²) in [6.45, 7) is 13.8. The number of allylic oxidation sites excluding steroid dienone is 2. The summed E-state index contributed by atoms with van der Waals surface area (Å²) < 4.78 is 6.73. The van der Waals surface area contributed by atoms with Crippen molar-refractivity contribution in [2.75, 3.05) is 6.54 Å². The fourth-order valence-corrected chi connectivity index (χ4v) is 10.8. The van der Waals surface area contributed by atoms with Crippen molar-refractivity contribution in [2.24, 2.45) is 45.8 Å². The molecule has 1 N–H and O–H groups in total. The van der Waals surface area contributed by atoms with Crippen LogP contribution in [0.3, 0.4) is 0 Å². The van der Waals surface area contributed by atoms with Gasteiger partial charge < -0.3 is 9.84 Å². The highest BCUT2D eigenvalue weighted by Gasteiger charge is 2.74. The normalized spacial score (nSPS) is 54.2. The molecule has 5 fully saturated rings. The van der Waals surface area contributed by atoms with Crippen molar-refractivity contribution in [3.63, 3.8) is 0 Å². The molecule has 3 heterocycles. The Labute approximate surface area is 215 Å². The molecule has 0 amide bonds. The van der Waals surface area contributed by atoms with Crippen LogP contribution in [0.1, 0.15) is 86.5 Å². The Balaban J connectivity index is 1.53. The van der Waals surface area contributed by atoms with Gasteiger partial charge in [0.1, 0.15) is 11.5 Å². The van der Waals surface area contributed by atoms with Gasteiger partial charge in [-0.3, -0.25) is 19.3 Å². The number of carboxylic acid groups (broad SMARTS) is 1. The summed E-state index contributed by atoms with van der Waals surface area (Å²) in [6, 6.07) is 0.135. The summed E-state index contributed by atoms with van der Waals surface area (Å²) in [5.41, 5.74) is -0.630. The Kier molecular flexibility index (Phi) is 5.18. The average Bonchev–Trinajstić information content (AvgIpc) is 3.03. The minimum absolute atomic E-state index is 0.0135. The molecule has 6 heteroatoms. The van der Waals surface area contributed by atoms with Gasteiger partial charge in [-0.05, 0) is 79.6 Å². The van der Waals surface area contributed by atoms with Crippen molar-refractivity contribution in [1.29, 1.82) is 0 Å². The molecule has 3 saturated heterocycles. The Bertz CT molecular complexity index is 1070. The number of fused-ring (bicyclic) bond motifs is 6. The topological polar surface area (TPSA) is 83.9 Å². The van der Waals surface area contributed by atoms with Crippen LogP contribution < -0.4 is 0 Å². The fourth-order valence-electron chi connectivity index (χ4n) is 10.8. The van der Waals surface area contributed by atoms with Gasteiger partial charge in [0.15, 0.2) is 5.78 Å².